The molecule has 1 rings (SSSR count). The number of amides is 1. The van der Waals surface area contributed by atoms with Crippen molar-refractivity contribution in [2.75, 3.05) is 13.6 Å². The van der Waals surface area contributed by atoms with Gasteiger partial charge < -0.3 is 4.90 Å². The van der Waals surface area contributed by atoms with Gasteiger partial charge >= 0.3 is 0 Å². The van der Waals surface area contributed by atoms with Gasteiger partial charge in [-0.05, 0) is 25.5 Å². The molecule has 1 unspecified atom stereocenters. The molecule has 1 amide bonds. The summed E-state index contributed by atoms with van der Waals surface area (Å²) in [5.74, 6) is -0.340. The van der Waals surface area contributed by atoms with Gasteiger partial charge in [0.2, 0.25) is 0 Å². The van der Waals surface area contributed by atoms with Crippen molar-refractivity contribution in [3.63, 3.8) is 0 Å². The van der Waals surface area contributed by atoms with Crippen LogP contribution in [-0.4, -0.2) is 24.4 Å². The zero-order valence-electron chi connectivity index (χ0n) is 10.2. The molecule has 0 radical (unpaired) electrons. The third-order valence-corrected chi connectivity index (χ3v) is 3.04. The molecule has 0 aromatic heterocycles. The number of hydrogen-bond acceptors (Lipinski definition) is 2. The van der Waals surface area contributed by atoms with Gasteiger partial charge in [0.1, 0.15) is 0 Å². The van der Waals surface area contributed by atoms with E-state index in [4.69, 9.17) is 16.9 Å². The summed E-state index contributed by atoms with van der Waals surface area (Å²) in [6, 6.07) is 7.46. The molecular weight excluding hydrogens is 236 g/mol. The molecule has 0 spiro atoms. The fraction of sp³-hybridized carbons (Fsp3) is 0.385. The van der Waals surface area contributed by atoms with Crippen LogP contribution >= 0.6 is 11.6 Å². The predicted molar refractivity (Wildman–Crippen MR) is 67.9 cm³/mol. The SMILES string of the molecule is Cc1cccc(C(=O)N(C)CC(C)C#N)c1Cl. The second-order valence-corrected chi connectivity index (χ2v) is 4.53. The molecule has 0 bridgehead atoms. The van der Waals surface area contributed by atoms with Crippen molar-refractivity contribution in [3.05, 3.63) is 34.3 Å². The maximum absolute atomic E-state index is 12.1. The lowest BCUT2D eigenvalue weighted by molar-refractivity contribution is 0.0785. The summed E-state index contributed by atoms with van der Waals surface area (Å²) in [6.45, 7) is 4.04. The number of benzene rings is 1. The Labute approximate surface area is 107 Å². The number of carbonyl (C=O) groups excluding carboxylic acids is 1. The quantitative estimate of drug-likeness (QED) is 0.828. The molecule has 17 heavy (non-hydrogen) atoms. The van der Waals surface area contributed by atoms with Gasteiger partial charge in [0.05, 0.1) is 22.6 Å². The molecule has 90 valence electrons. The summed E-state index contributed by atoms with van der Waals surface area (Å²) in [5.41, 5.74) is 1.36. The van der Waals surface area contributed by atoms with Crippen LogP contribution in [0.25, 0.3) is 0 Å². The number of aryl methyl sites for hydroxylation is 1. The Bertz CT molecular complexity index is 465. The normalized spacial score (nSPS) is 11.7. The van der Waals surface area contributed by atoms with Gasteiger partial charge in [-0.2, -0.15) is 5.26 Å². The second-order valence-electron chi connectivity index (χ2n) is 4.15. The minimum Gasteiger partial charge on any atom is -0.340 e. The summed E-state index contributed by atoms with van der Waals surface area (Å²) in [7, 11) is 1.68. The summed E-state index contributed by atoms with van der Waals surface area (Å²) in [6.07, 6.45) is 0. The number of rotatable bonds is 3. The standard InChI is InChI=1S/C13H15ClN2O/c1-9(7-15)8-16(3)13(17)11-6-4-5-10(2)12(11)14/h4-6,9H,8H2,1-3H3. The van der Waals surface area contributed by atoms with E-state index in [1.807, 2.05) is 13.0 Å². The molecule has 1 aromatic carbocycles. The monoisotopic (exact) mass is 250 g/mol. The Kier molecular flexibility index (Phi) is 4.53. The Morgan fingerprint density at radius 1 is 1.59 bits per heavy atom. The topological polar surface area (TPSA) is 44.1 Å². The molecule has 0 aliphatic rings. The maximum atomic E-state index is 12.1. The molecule has 3 nitrogen and oxygen atoms in total. The van der Waals surface area contributed by atoms with E-state index in [1.165, 1.54) is 4.90 Å². The third-order valence-electron chi connectivity index (χ3n) is 2.54. The zero-order valence-corrected chi connectivity index (χ0v) is 11.0. The van der Waals surface area contributed by atoms with E-state index < -0.39 is 0 Å². The molecule has 0 N–H and O–H groups in total. The molecule has 0 aliphatic carbocycles. The number of nitriles is 1. The lowest BCUT2D eigenvalue weighted by Gasteiger charge is -2.19. The molecule has 4 heteroatoms. The van der Waals surface area contributed by atoms with Crippen molar-refractivity contribution in [2.45, 2.75) is 13.8 Å². The van der Waals surface area contributed by atoms with Crippen molar-refractivity contribution in [1.82, 2.24) is 4.90 Å². The van der Waals surface area contributed by atoms with Crippen molar-refractivity contribution in [3.8, 4) is 6.07 Å². The number of hydrogen-bond donors (Lipinski definition) is 0. The Morgan fingerprint density at radius 3 is 2.82 bits per heavy atom. The van der Waals surface area contributed by atoms with Crippen molar-refractivity contribution < 1.29 is 4.79 Å². The van der Waals surface area contributed by atoms with E-state index in [9.17, 15) is 4.79 Å². The van der Waals surface area contributed by atoms with Crippen molar-refractivity contribution in [2.24, 2.45) is 5.92 Å². The molecule has 0 saturated heterocycles. The lowest BCUT2D eigenvalue weighted by Crippen LogP contribution is -2.30. The van der Waals surface area contributed by atoms with E-state index in [0.717, 1.165) is 5.56 Å². The summed E-state index contributed by atoms with van der Waals surface area (Å²) in [5, 5.41) is 9.20. The second kappa shape index (κ2) is 5.70. The average molecular weight is 251 g/mol. The van der Waals surface area contributed by atoms with Crippen molar-refractivity contribution >= 4 is 17.5 Å². The highest BCUT2D eigenvalue weighted by atomic mass is 35.5. The third kappa shape index (κ3) is 3.21. The average Bonchev–Trinajstić information content (AvgIpc) is 2.31. The van der Waals surface area contributed by atoms with E-state index in [-0.39, 0.29) is 11.8 Å². The molecular formula is C13H15ClN2O. The van der Waals surface area contributed by atoms with Crippen molar-refractivity contribution in [1.29, 1.82) is 5.26 Å². The minimum absolute atomic E-state index is 0.152. The Morgan fingerprint density at radius 2 is 2.24 bits per heavy atom. The smallest absolute Gasteiger partial charge is 0.255 e. The highest BCUT2D eigenvalue weighted by Gasteiger charge is 2.17. The molecule has 0 heterocycles. The number of halogens is 1. The molecule has 0 saturated carbocycles. The Hall–Kier alpha value is -1.53. The zero-order chi connectivity index (χ0) is 13.0. The van der Waals surface area contributed by atoms with Crippen LogP contribution in [0, 0.1) is 24.2 Å². The molecule has 0 fully saturated rings. The van der Waals surface area contributed by atoms with Crippen LogP contribution in [0.4, 0.5) is 0 Å². The minimum atomic E-state index is -0.187. The molecule has 0 aliphatic heterocycles. The Balaban J connectivity index is 2.90. The first kappa shape index (κ1) is 13.5. The lowest BCUT2D eigenvalue weighted by atomic mass is 10.1. The summed E-state index contributed by atoms with van der Waals surface area (Å²) in [4.78, 5) is 13.6. The van der Waals surface area contributed by atoms with Gasteiger partial charge in [-0.3, -0.25) is 4.79 Å². The fourth-order valence-corrected chi connectivity index (χ4v) is 1.76. The summed E-state index contributed by atoms with van der Waals surface area (Å²) >= 11 is 6.09. The summed E-state index contributed by atoms with van der Waals surface area (Å²) < 4.78 is 0. The van der Waals surface area contributed by atoms with Gasteiger partial charge in [0.25, 0.3) is 5.91 Å². The van der Waals surface area contributed by atoms with Gasteiger partial charge in [0, 0.05) is 13.6 Å². The molecule has 1 aromatic rings. The highest BCUT2D eigenvalue weighted by Crippen LogP contribution is 2.21. The van der Waals surface area contributed by atoms with E-state index >= 15 is 0 Å². The van der Waals surface area contributed by atoms with Crippen LogP contribution in [0.1, 0.15) is 22.8 Å². The van der Waals surface area contributed by atoms with Crippen LogP contribution in [0.3, 0.4) is 0 Å². The van der Waals surface area contributed by atoms with Crippen LogP contribution < -0.4 is 0 Å². The first-order chi connectivity index (χ1) is 7.97. The van der Waals surface area contributed by atoms with E-state index in [0.29, 0.717) is 17.1 Å². The van der Waals surface area contributed by atoms with E-state index in [2.05, 4.69) is 6.07 Å². The first-order valence-electron chi connectivity index (χ1n) is 5.37. The number of carbonyl (C=O) groups is 1. The van der Waals surface area contributed by atoms with E-state index in [1.54, 1.807) is 26.1 Å². The van der Waals surface area contributed by atoms with Gasteiger partial charge in [-0.1, -0.05) is 23.7 Å². The largest absolute Gasteiger partial charge is 0.340 e. The van der Waals surface area contributed by atoms with Gasteiger partial charge in [-0.15, -0.1) is 0 Å². The van der Waals surface area contributed by atoms with Gasteiger partial charge in [-0.25, -0.2) is 0 Å². The predicted octanol–water partition coefficient (Wildman–Crippen LogP) is 2.88. The number of nitrogens with zero attached hydrogens (tertiary/aromatic N) is 2. The van der Waals surface area contributed by atoms with Crippen LogP contribution in [0.5, 0.6) is 0 Å². The molecule has 1 atom stereocenters. The first-order valence-corrected chi connectivity index (χ1v) is 5.75. The van der Waals surface area contributed by atoms with Gasteiger partial charge in [0.15, 0.2) is 0 Å². The van der Waals surface area contributed by atoms with Crippen LogP contribution in [0.15, 0.2) is 18.2 Å². The fourth-order valence-electron chi connectivity index (χ4n) is 1.55. The van der Waals surface area contributed by atoms with Crippen LogP contribution in [-0.2, 0) is 0 Å². The van der Waals surface area contributed by atoms with Crippen LogP contribution in [0.2, 0.25) is 5.02 Å². The highest BCUT2D eigenvalue weighted by molar-refractivity contribution is 6.34. The maximum Gasteiger partial charge on any atom is 0.255 e.